The normalized spacial score (nSPS) is 20.7. The van der Waals surface area contributed by atoms with Gasteiger partial charge in [-0.2, -0.15) is 11.8 Å². The van der Waals surface area contributed by atoms with Crippen molar-refractivity contribution in [1.29, 1.82) is 0 Å². The first-order valence-corrected chi connectivity index (χ1v) is 23.5. The standard InChI is InChI=1S/C34H50N6O6SSi2/c1-21-25(27(44-38-21)22-12-14-23(15-13-22)40(41)42)18-47-19-26-28(45-48(8,9)33(2,3)4)29(46-49(10,11)34(5,6)7)32(43-26)39-17-16-24-30(35)36-20-37-31(24)39/h12-17,20,26,28-29,32H,18-19H2,1-11H3,(H2,35,36,37)/t26-,28-,29-,32-/m1/s1. The molecule has 0 bridgehead atoms. The molecule has 0 spiro atoms. The Kier molecular flexibility index (Phi) is 10.3. The number of nitrogens with two attached hydrogens (primary N) is 1. The van der Waals surface area contributed by atoms with Crippen LogP contribution >= 0.6 is 11.8 Å². The van der Waals surface area contributed by atoms with Crippen molar-refractivity contribution in [2.75, 3.05) is 11.5 Å². The van der Waals surface area contributed by atoms with Crippen LogP contribution in [0.5, 0.6) is 0 Å². The highest BCUT2D eigenvalue weighted by Crippen LogP contribution is 2.47. The summed E-state index contributed by atoms with van der Waals surface area (Å²) in [6.07, 6.45) is 1.88. The van der Waals surface area contributed by atoms with Gasteiger partial charge in [0.05, 0.1) is 22.1 Å². The van der Waals surface area contributed by atoms with E-state index in [0.717, 1.165) is 22.2 Å². The van der Waals surface area contributed by atoms with Crippen molar-refractivity contribution in [3.63, 3.8) is 0 Å². The predicted molar refractivity (Wildman–Crippen MR) is 199 cm³/mol. The molecule has 3 aromatic heterocycles. The minimum Gasteiger partial charge on any atom is -0.408 e. The highest BCUT2D eigenvalue weighted by molar-refractivity contribution is 7.98. The summed E-state index contributed by atoms with van der Waals surface area (Å²) in [6.45, 7) is 24.4. The number of nitrogen functional groups attached to an aromatic ring is 1. The van der Waals surface area contributed by atoms with Crippen molar-refractivity contribution in [3.05, 3.63) is 64.2 Å². The molecule has 12 nitrogen and oxygen atoms in total. The minimum atomic E-state index is -2.32. The molecule has 4 atom stereocenters. The van der Waals surface area contributed by atoms with Crippen LogP contribution < -0.4 is 5.73 Å². The first-order chi connectivity index (χ1) is 22.7. The van der Waals surface area contributed by atoms with E-state index in [1.807, 2.05) is 23.8 Å². The number of nitro groups is 1. The van der Waals surface area contributed by atoms with Crippen LogP contribution in [0.25, 0.3) is 22.4 Å². The van der Waals surface area contributed by atoms with E-state index >= 15 is 0 Å². The Morgan fingerprint density at radius 3 is 2.18 bits per heavy atom. The van der Waals surface area contributed by atoms with Crippen LogP contribution in [0.3, 0.4) is 0 Å². The maximum Gasteiger partial charge on any atom is 0.269 e. The Bertz CT molecular complexity index is 1800. The number of aryl methyl sites for hydroxylation is 1. The van der Waals surface area contributed by atoms with Crippen LogP contribution in [-0.4, -0.2) is 65.3 Å². The fraction of sp³-hybridized carbons (Fsp3) is 0.559. The fourth-order valence-electron chi connectivity index (χ4n) is 5.36. The summed E-state index contributed by atoms with van der Waals surface area (Å²) in [5.74, 6) is 2.24. The minimum absolute atomic E-state index is 0.0238. The molecule has 1 fully saturated rings. The molecule has 1 aliphatic rings. The molecule has 0 radical (unpaired) electrons. The molecule has 1 saturated heterocycles. The summed E-state index contributed by atoms with van der Waals surface area (Å²) < 4.78 is 29.4. The number of nitro benzene ring substituents is 1. The lowest BCUT2D eigenvalue weighted by Gasteiger charge is -2.44. The smallest absolute Gasteiger partial charge is 0.269 e. The Labute approximate surface area is 294 Å². The Hall–Kier alpha value is -3.09. The van der Waals surface area contributed by atoms with Gasteiger partial charge in [-0.1, -0.05) is 46.7 Å². The van der Waals surface area contributed by atoms with Gasteiger partial charge in [0.15, 0.2) is 28.6 Å². The van der Waals surface area contributed by atoms with Crippen LogP contribution in [0, 0.1) is 17.0 Å². The summed E-state index contributed by atoms with van der Waals surface area (Å²) >= 11 is 1.71. The Morgan fingerprint density at radius 1 is 0.980 bits per heavy atom. The van der Waals surface area contributed by atoms with Crippen LogP contribution in [-0.2, 0) is 19.3 Å². The van der Waals surface area contributed by atoms with Crippen LogP contribution in [0.4, 0.5) is 11.5 Å². The maximum absolute atomic E-state index is 11.2. The van der Waals surface area contributed by atoms with Gasteiger partial charge >= 0.3 is 0 Å². The number of thioether (sulfide) groups is 1. The average molecular weight is 727 g/mol. The molecule has 0 unspecified atom stereocenters. The van der Waals surface area contributed by atoms with Gasteiger partial charge in [-0.15, -0.1) is 0 Å². The number of hydrogen-bond donors (Lipinski definition) is 1. The highest BCUT2D eigenvalue weighted by atomic mass is 32.2. The van der Waals surface area contributed by atoms with E-state index in [1.54, 1.807) is 23.9 Å². The summed E-state index contributed by atoms with van der Waals surface area (Å²) in [6, 6.07) is 8.27. The zero-order valence-electron chi connectivity index (χ0n) is 30.4. The highest BCUT2D eigenvalue weighted by Gasteiger charge is 2.54. The van der Waals surface area contributed by atoms with E-state index in [1.165, 1.54) is 18.5 Å². The molecule has 1 aromatic carbocycles. The zero-order valence-corrected chi connectivity index (χ0v) is 33.3. The van der Waals surface area contributed by atoms with Gasteiger partial charge in [0.25, 0.3) is 5.69 Å². The first kappa shape index (κ1) is 37.2. The van der Waals surface area contributed by atoms with Crippen molar-refractivity contribution in [3.8, 4) is 11.3 Å². The van der Waals surface area contributed by atoms with Gasteiger partial charge in [0.2, 0.25) is 0 Å². The Morgan fingerprint density at radius 2 is 1.59 bits per heavy atom. The predicted octanol–water partition coefficient (Wildman–Crippen LogP) is 8.50. The van der Waals surface area contributed by atoms with Crippen molar-refractivity contribution in [2.24, 2.45) is 0 Å². The number of rotatable bonds is 11. The molecule has 0 amide bonds. The number of aromatic nitrogens is 4. The molecule has 4 aromatic rings. The van der Waals surface area contributed by atoms with Crippen molar-refractivity contribution in [2.45, 2.75) is 115 Å². The van der Waals surface area contributed by atoms with Crippen molar-refractivity contribution >= 4 is 50.9 Å². The van der Waals surface area contributed by atoms with Gasteiger partial charge in [0, 0.05) is 41.0 Å². The number of anilines is 1. The topological polar surface area (TPSA) is 154 Å². The van der Waals surface area contributed by atoms with E-state index in [0.29, 0.717) is 28.7 Å². The third kappa shape index (κ3) is 7.51. The number of benzene rings is 1. The molecule has 1 aliphatic heterocycles. The summed E-state index contributed by atoms with van der Waals surface area (Å²) in [4.78, 5) is 19.6. The second-order valence-electron chi connectivity index (χ2n) is 15.9. The quantitative estimate of drug-likeness (QED) is 0.0899. The lowest BCUT2D eigenvalue weighted by atomic mass is 10.1. The van der Waals surface area contributed by atoms with Gasteiger partial charge in [-0.05, 0) is 61.4 Å². The zero-order chi connectivity index (χ0) is 36.1. The molecular weight excluding hydrogens is 677 g/mol. The third-order valence-corrected chi connectivity index (χ3v) is 20.4. The van der Waals surface area contributed by atoms with Gasteiger partial charge in [-0.25, -0.2) is 9.97 Å². The number of fused-ring (bicyclic) bond motifs is 1. The second-order valence-corrected chi connectivity index (χ2v) is 26.4. The lowest BCUT2D eigenvalue weighted by Crippen LogP contribution is -2.53. The van der Waals surface area contributed by atoms with Gasteiger partial charge < -0.3 is 28.4 Å². The van der Waals surface area contributed by atoms with E-state index in [-0.39, 0.29) is 28.0 Å². The summed E-state index contributed by atoms with van der Waals surface area (Å²) in [7, 11) is -4.62. The van der Waals surface area contributed by atoms with Crippen LogP contribution in [0.15, 0.2) is 47.4 Å². The van der Waals surface area contributed by atoms with E-state index in [4.69, 9.17) is 23.8 Å². The molecule has 49 heavy (non-hydrogen) atoms. The molecule has 2 N–H and O–H groups in total. The monoisotopic (exact) mass is 726 g/mol. The van der Waals surface area contributed by atoms with Crippen molar-refractivity contribution in [1.82, 2.24) is 19.7 Å². The molecule has 4 heterocycles. The van der Waals surface area contributed by atoms with E-state index < -0.39 is 33.9 Å². The molecule has 0 saturated carbocycles. The average Bonchev–Trinajstić information content (AvgIpc) is 3.68. The molecular formula is C34H50N6O6SSi2. The SMILES string of the molecule is Cc1noc(-c2ccc([N+](=O)[O-])cc2)c1CSC[C@H]1O[C@@H](n2ccc3c(N)ncnc32)[C@H](O[Si](C)(C)C(C)(C)C)[C@@H]1O[Si](C)(C)C(C)(C)C. The van der Waals surface area contributed by atoms with Gasteiger partial charge in [0.1, 0.15) is 30.0 Å². The molecule has 5 rings (SSSR count). The lowest BCUT2D eigenvalue weighted by molar-refractivity contribution is -0.384. The number of non-ortho nitro benzene ring substituents is 1. The molecule has 266 valence electrons. The maximum atomic E-state index is 11.2. The molecule has 0 aliphatic carbocycles. The second kappa shape index (κ2) is 13.6. The number of hydrogen-bond acceptors (Lipinski definition) is 11. The molecule has 15 heteroatoms. The van der Waals surface area contributed by atoms with Crippen LogP contribution in [0.2, 0.25) is 36.3 Å². The van der Waals surface area contributed by atoms with Crippen molar-refractivity contribution < 1.29 is 23.0 Å². The summed E-state index contributed by atoms with van der Waals surface area (Å²) in [5, 5.41) is 16.1. The number of nitrogens with zero attached hydrogens (tertiary/aromatic N) is 5. The third-order valence-electron chi connectivity index (χ3n) is 10.4. The van der Waals surface area contributed by atoms with Crippen LogP contribution in [0.1, 0.15) is 59.0 Å². The fourth-order valence-corrected chi connectivity index (χ4v) is 9.13. The van der Waals surface area contributed by atoms with Gasteiger partial charge in [-0.3, -0.25) is 10.1 Å². The number of ether oxygens (including phenoxy) is 1. The van der Waals surface area contributed by atoms with E-state index in [2.05, 4.69) is 82.9 Å². The first-order valence-electron chi connectivity index (χ1n) is 16.6. The van der Waals surface area contributed by atoms with E-state index in [9.17, 15) is 10.1 Å². The largest absolute Gasteiger partial charge is 0.408 e. The summed E-state index contributed by atoms with van der Waals surface area (Å²) in [5.41, 5.74) is 9.41. The Balaban J connectivity index is 1.50.